The second-order valence-corrected chi connectivity index (χ2v) is 2.44. The first-order valence-corrected chi connectivity index (χ1v) is 4.42. The van der Waals surface area contributed by atoms with Crippen molar-refractivity contribution in [1.82, 2.24) is 14.8 Å². The van der Waals surface area contributed by atoms with E-state index in [9.17, 15) is 4.79 Å². The number of carbonyl (C=O) groups is 1. The molecule has 78 valence electrons. The monoisotopic (exact) mass is 199 g/mol. The van der Waals surface area contributed by atoms with Crippen LogP contribution >= 0.6 is 0 Å². The lowest BCUT2D eigenvalue weighted by Gasteiger charge is -2.14. The molecule has 0 amide bonds. The van der Waals surface area contributed by atoms with Crippen molar-refractivity contribution in [3.63, 3.8) is 0 Å². The second kappa shape index (κ2) is 5.33. The summed E-state index contributed by atoms with van der Waals surface area (Å²) in [6.45, 7) is 4.26. The van der Waals surface area contributed by atoms with Gasteiger partial charge in [-0.05, 0) is 13.8 Å². The van der Waals surface area contributed by atoms with Crippen LogP contribution in [0.25, 0.3) is 0 Å². The number of rotatable bonds is 5. The Kier molecular flexibility index (Phi) is 4.06. The molecule has 14 heavy (non-hydrogen) atoms. The van der Waals surface area contributed by atoms with Crippen molar-refractivity contribution in [3.8, 4) is 0 Å². The van der Waals surface area contributed by atoms with Gasteiger partial charge < -0.3 is 9.47 Å². The minimum Gasteiger partial charge on any atom is -0.463 e. The molecular formula is C8H13N3O3. The van der Waals surface area contributed by atoms with Gasteiger partial charge in [0.05, 0.1) is 6.61 Å². The van der Waals surface area contributed by atoms with Crippen LogP contribution in [0.4, 0.5) is 0 Å². The second-order valence-electron chi connectivity index (χ2n) is 2.44. The maximum atomic E-state index is 11.4. The van der Waals surface area contributed by atoms with Crippen molar-refractivity contribution in [3.05, 3.63) is 12.7 Å². The molecule has 0 saturated heterocycles. The van der Waals surface area contributed by atoms with Gasteiger partial charge in [0.1, 0.15) is 12.7 Å². The van der Waals surface area contributed by atoms with E-state index in [0.29, 0.717) is 13.2 Å². The van der Waals surface area contributed by atoms with Gasteiger partial charge in [-0.2, -0.15) is 5.10 Å². The van der Waals surface area contributed by atoms with Crippen molar-refractivity contribution < 1.29 is 14.3 Å². The molecule has 0 saturated carbocycles. The highest BCUT2D eigenvalue weighted by molar-refractivity contribution is 5.72. The van der Waals surface area contributed by atoms with Crippen molar-refractivity contribution in [2.75, 3.05) is 13.2 Å². The molecule has 0 aromatic carbocycles. The zero-order chi connectivity index (χ0) is 10.4. The lowest BCUT2D eigenvalue weighted by molar-refractivity contribution is -0.164. The average molecular weight is 199 g/mol. The summed E-state index contributed by atoms with van der Waals surface area (Å²) in [5.41, 5.74) is 0. The number of esters is 1. The normalized spacial score (nSPS) is 12.4. The van der Waals surface area contributed by atoms with E-state index >= 15 is 0 Å². The highest BCUT2D eigenvalue weighted by Crippen LogP contribution is 2.08. The summed E-state index contributed by atoms with van der Waals surface area (Å²) in [5.74, 6) is -0.458. The van der Waals surface area contributed by atoms with Gasteiger partial charge in [0.2, 0.25) is 6.23 Å². The molecule has 0 bridgehead atoms. The number of aromatic nitrogens is 3. The molecule has 0 aliphatic carbocycles. The molecule has 1 rings (SSSR count). The van der Waals surface area contributed by atoms with Crippen LogP contribution in [0.5, 0.6) is 0 Å². The number of nitrogens with zero attached hydrogens (tertiary/aromatic N) is 3. The first-order chi connectivity index (χ1) is 6.79. The third-order valence-electron chi connectivity index (χ3n) is 1.49. The van der Waals surface area contributed by atoms with Crippen LogP contribution in [-0.4, -0.2) is 33.9 Å². The fourth-order valence-corrected chi connectivity index (χ4v) is 0.962. The zero-order valence-electron chi connectivity index (χ0n) is 8.21. The van der Waals surface area contributed by atoms with E-state index in [1.807, 2.05) is 0 Å². The lowest BCUT2D eigenvalue weighted by Crippen LogP contribution is -2.25. The molecule has 1 aromatic heterocycles. The molecule has 1 aromatic rings. The summed E-state index contributed by atoms with van der Waals surface area (Å²) in [4.78, 5) is 15.1. The molecule has 6 nitrogen and oxygen atoms in total. The lowest BCUT2D eigenvalue weighted by atomic mass is 10.5. The zero-order valence-corrected chi connectivity index (χ0v) is 8.21. The van der Waals surface area contributed by atoms with E-state index in [0.717, 1.165) is 0 Å². The first-order valence-electron chi connectivity index (χ1n) is 4.42. The summed E-state index contributed by atoms with van der Waals surface area (Å²) >= 11 is 0. The molecule has 1 heterocycles. The van der Waals surface area contributed by atoms with Crippen LogP contribution in [0.1, 0.15) is 20.1 Å². The summed E-state index contributed by atoms with van der Waals surface area (Å²) in [5, 5.41) is 3.82. The van der Waals surface area contributed by atoms with Gasteiger partial charge in [-0.25, -0.2) is 14.5 Å². The molecule has 0 aliphatic heterocycles. The summed E-state index contributed by atoms with van der Waals surface area (Å²) in [6, 6.07) is 0. The molecule has 1 unspecified atom stereocenters. The molecular weight excluding hydrogens is 186 g/mol. The topological polar surface area (TPSA) is 66.2 Å². The Morgan fingerprint density at radius 2 is 2.29 bits per heavy atom. The van der Waals surface area contributed by atoms with Crippen molar-refractivity contribution in [1.29, 1.82) is 0 Å². The SMILES string of the molecule is CCOC(=O)C(OCC)n1cncn1. The first kappa shape index (κ1) is 10.6. The van der Waals surface area contributed by atoms with Gasteiger partial charge in [-0.15, -0.1) is 0 Å². The summed E-state index contributed by atoms with van der Waals surface area (Å²) < 4.78 is 11.3. The van der Waals surface area contributed by atoms with E-state index in [4.69, 9.17) is 9.47 Å². The predicted molar refractivity (Wildman–Crippen MR) is 47.3 cm³/mol. The standard InChI is InChI=1S/C8H13N3O3/c1-3-13-7(8(12)14-4-2)11-6-9-5-10-11/h5-7H,3-4H2,1-2H3. The van der Waals surface area contributed by atoms with Gasteiger partial charge in [0.15, 0.2) is 0 Å². The Bertz CT molecular complexity index is 273. The summed E-state index contributed by atoms with van der Waals surface area (Å²) in [7, 11) is 0. The number of ether oxygens (including phenoxy) is 2. The van der Waals surface area contributed by atoms with Crippen LogP contribution in [0.2, 0.25) is 0 Å². The van der Waals surface area contributed by atoms with Crippen LogP contribution in [0.15, 0.2) is 12.7 Å². The Balaban J connectivity index is 2.69. The molecule has 0 N–H and O–H groups in total. The molecule has 0 radical (unpaired) electrons. The van der Waals surface area contributed by atoms with Crippen molar-refractivity contribution in [2.24, 2.45) is 0 Å². The van der Waals surface area contributed by atoms with E-state index in [1.54, 1.807) is 13.8 Å². The Labute approximate surface area is 81.8 Å². The van der Waals surface area contributed by atoms with Crippen LogP contribution in [-0.2, 0) is 14.3 Å². The van der Waals surface area contributed by atoms with Crippen molar-refractivity contribution >= 4 is 5.97 Å². The van der Waals surface area contributed by atoms with Gasteiger partial charge in [0, 0.05) is 6.61 Å². The highest BCUT2D eigenvalue weighted by Gasteiger charge is 2.22. The molecule has 0 aliphatic rings. The minimum atomic E-state index is -0.831. The van der Waals surface area contributed by atoms with E-state index in [2.05, 4.69) is 10.1 Å². The third kappa shape index (κ3) is 2.53. The van der Waals surface area contributed by atoms with E-state index in [1.165, 1.54) is 17.3 Å². The Morgan fingerprint density at radius 3 is 2.79 bits per heavy atom. The van der Waals surface area contributed by atoms with Gasteiger partial charge in [0.25, 0.3) is 0 Å². The molecule has 0 fully saturated rings. The van der Waals surface area contributed by atoms with E-state index < -0.39 is 12.2 Å². The quantitative estimate of drug-likeness (QED) is 0.641. The van der Waals surface area contributed by atoms with Crippen molar-refractivity contribution in [2.45, 2.75) is 20.1 Å². The number of hydrogen-bond acceptors (Lipinski definition) is 5. The molecule has 1 atom stereocenters. The van der Waals surface area contributed by atoms with Gasteiger partial charge in [-0.1, -0.05) is 0 Å². The maximum absolute atomic E-state index is 11.4. The smallest absolute Gasteiger partial charge is 0.358 e. The van der Waals surface area contributed by atoms with Gasteiger partial charge >= 0.3 is 5.97 Å². The minimum absolute atomic E-state index is 0.317. The average Bonchev–Trinajstić information content (AvgIpc) is 2.67. The highest BCUT2D eigenvalue weighted by atomic mass is 16.6. The number of hydrogen-bond donors (Lipinski definition) is 0. The Hall–Kier alpha value is -1.43. The fourth-order valence-electron chi connectivity index (χ4n) is 0.962. The molecule has 0 spiro atoms. The fraction of sp³-hybridized carbons (Fsp3) is 0.625. The van der Waals surface area contributed by atoms with Crippen LogP contribution < -0.4 is 0 Å². The largest absolute Gasteiger partial charge is 0.463 e. The Morgan fingerprint density at radius 1 is 1.50 bits per heavy atom. The van der Waals surface area contributed by atoms with Crippen LogP contribution in [0.3, 0.4) is 0 Å². The summed E-state index contributed by atoms with van der Waals surface area (Å²) in [6.07, 6.45) is 1.92. The van der Waals surface area contributed by atoms with Crippen LogP contribution in [0, 0.1) is 0 Å². The van der Waals surface area contributed by atoms with E-state index in [-0.39, 0.29) is 0 Å². The third-order valence-corrected chi connectivity index (χ3v) is 1.49. The number of carbonyl (C=O) groups excluding carboxylic acids is 1. The predicted octanol–water partition coefficient (Wildman–Crippen LogP) is 0.376. The van der Waals surface area contributed by atoms with Gasteiger partial charge in [-0.3, -0.25) is 0 Å². The maximum Gasteiger partial charge on any atom is 0.358 e. The molecule has 6 heteroatoms.